The molecule has 2 heterocycles. The molecule has 0 fully saturated rings. The van der Waals surface area contributed by atoms with E-state index < -0.39 is 0 Å². The lowest BCUT2D eigenvalue weighted by Gasteiger charge is -2.08. The molecule has 0 radical (unpaired) electrons. The van der Waals surface area contributed by atoms with Gasteiger partial charge in [-0.3, -0.25) is 10.1 Å². The summed E-state index contributed by atoms with van der Waals surface area (Å²) in [6.07, 6.45) is 3.49. The van der Waals surface area contributed by atoms with Gasteiger partial charge >= 0.3 is 0 Å². The topological polar surface area (TPSA) is 83.8 Å². The Kier molecular flexibility index (Phi) is 2.83. The predicted octanol–water partition coefficient (Wildman–Crippen LogP) is 3.52. The van der Waals surface area contributed by atoms with Crippen molar-refractivity contribution in [2.75, 3.05) is 5.32 Å². The Bertz CT molecular complexity index is 795. The fourth-order valence-electron chi connectivity index (χ4n) is 2.11. The van der Waals surface area contributed by atoms with Crippen molar-refractivity contribution < 1.29 is 4.92 Å². The SMILES string of the molecule is Cc1ccc(Nc2ccnc3[nH]ccc23)cc1[N+](=O)[O-]. The first-order valence-electron chi connectivity index (χ1n) is 6.09. The quantitative estimate of drug-likeness (QED) is 0.562. The van der Waals surface area contributed by atoms with E-state index in [2.05, 4.69) is 15.3 Å². The molecule has 2 N–H and O–H groups in total. The van der Waals surface area contributed by atoms with Crippen LogP contribution in [0.25, 0.3) is 11.0 Å². The minimum absolute atomic E-state index is 0.106. The molecular weight excluding hydrogens is 256 g/mol. The molecule has 0 saturated carbocycles. The first kappa shape index (κ1) is 12.2. The summed E-state index contributed by atoms with van der Waals surface area (Å²) in [5, 5.41) is 15.1. The van der Waals surface area contributed by atoms with Crippen LogP contribution in [0.1, 0.15) is 5.56 Å². The summed E-state index contributed by atoms with van der Waals surface area (Å²) >= 11 is 0. The van der Waals surface area contributed by atoms with Crippen LogP contribution < -0.4 is 5.32 Å². The summed E-state index contributed by atoms with van der Waals surface area (Å²) in [7, 11) is 0. The smallest absolute Gasteiger partial charge is 0.274 e. The number of hydrogen-bond donors (Lipinski definition) is 2. The van der Waals surface area contributed by atoms with Crippen molar-refractivity contribution in [3.05, 3.63) is 58.4 Å². The number of aromatic amines is 1. The standard InChI is InChI=1S/C14H12N4O2/c1-9-2-3-10(8-13(9)18(19)20)17-12-5-7-16-14-11(12)4-6-15-14/h2-8H,1H3,(H2,15,16,17). The van der Waals surface area contributed by atoms with Gasteiger partial charge in [0.25, 0.3) is 5.69 Å². The molecule has 0 atom stereocenters. The monoisotopic (exact) mass is 268 g/mol. The summed E-state index contributed by atoms with van der Waals surface area (Å²) in [5.41, 5.74) is 3.05. The van der Waals surface area contributed by atoms with E-state index in [1.807, 2.05) is 18.2 Å². The summed E-state index contributed by atoms with van der Waals surface area (Å²) < 4.78 is 0. The Labute approximate surface area is 114 Å². The van der Waals surface area contributed by atoms with E-state index in [-0.39, 0.29) is 10.6 Å². The molecule has 0 aliphatic carbocycles. The lowest BCUT2D eigenvalue weighted by Crippen LogP contribution is -1.96. The van der Waals surface area contributed by atoms with Crippen LogP contribution in [-0.2, 0) is 0 Å². The van der Waals surface area contributed by atoms with Crippen LogP contribution in [0.3, 0.4) is 0 Å². The van der Waals surface area contributed by atoms with Crippen LogP contribution in [0.2, 0.25) is 0 Å². The summed E-state index contributed by atoms with van der Waals surface area (Å²) in [6, 6.07) is 8.83. The van der Waals surface area contributed by atoms with Gasteiger partial charge in [0.1, 0.15) is 5.65 Å². The number of benzene rings is 1. The van der Waals surface area contributed by atoms with Crippen molar-refractivity contribution in [3.8, 4) is 0 Å². The van der Waals surface area contributed by atoms with Gasteiger partial charge in [-0.25, -0.2) is 4.98 Å². The third-order valence-corrected chi connectivity index (χ3v) is 3.15. The van der Waals surface area contributed by atoms with Crippen LogP contribution >= 0.6 is 0 Å². The second-order valence-corrected chi connectivity index (χ2v) is 4.48. The van der Waals surface area contributed by atoms with Crippen molar-refractivity contribution in [3.63, 3.8) is 0 Å². The van der Waals surface area contributed by atoms with Crippen LogP contribution in [0.5, 0.6) is 0 Å². The molecule has 0 saturated heterocycles. The fraction of sp³-hybridized carbons (Fsp3) is 0.0714. The van der Waals surface area contributed by atoms with Crippen LogP contribution in [0.15, 0.2) is 42.7 Å². The van der Waals surface area contributed by atoms with E-state index in [9.17, 15) is 10.1 Å². The van der Waals surface area contributed by atoms with E-state index in [1.165, 1.54) is 6.07 Å². The summed E-state index contributed by atoms with van der Waals surface area (Å²) in [6.45, 7) is 1.72. The van der Waals surface area contributed by atoms with Crippen LogP contribution in [0, 0.1) is 17.0 Å². The van der Waals surface area contributed by atoms with Crippen molar-refractivity contribution in [2.24, 2.45) is 0 Å². The predicted molar refractivity (Wildman–Crippen MR) is 77.2 cm³/mol. The molecule has 1 aromatic carbocycles. The number of rotatable bonds is 3. The van der Waals surface area contributed by atoms with Gasteiger partial charge in [0.15, 0.2) is 0 Å². The first-order chi connectivity index (χ1) is 9.65. The number of nitrogens with one attached hydrogen (secondary N) is 2. The molecule has 0 spiro atoms. The minimum Gasteiger partial charge on any atom is -0.355 e. The largest absolute Gasteiger partial charge is 0.355 e. The average Bonchev–Trinajstić information content (AvgIpc) is 2.90. The zero-order valence-corrected chi connectivity index (χ0v) is 10.8. The van der Waals surface area contributed by atoms with E-state index in [1.54, 1.807) is 25.4 Å². The highest BCUT2D eigenvalue weighted by Gasteiger charge is 2.11. The van der Waals surface area contributed by atoms with Crippen molar-refractivity contribution in [1.82, 2.24) is 9.97 Å². The van der Waals surface area contributed by atoms with E-state index >= 15 is 0 Å². The second kappa shape index (κ2) is 4.65. The summed E-state index contributed by atoms with van der Waals surface area (Å²) in [4.78, 5) is 17.8. The van der Waals surface area contributed by atoms with Gasteiger partial charge < -0.3 is 10.3 Å². The lowest BCUT2D eigenvalue weighted by molar-refractivity contribution is -0.385. The average molecular weight is 268 g/mol. The van der Waals surface area contributed by atoms with Crippen LogP contribution in [0.4, 0.5) is 17.1 Å². The number of nitro benzene ring substituents is 1. The van der Waals surface area contributed by atoms with E-state index in [4.69, 9.17) is 0 Å². The van der Waals surface area contributed by atoms with Crippen LogP contribution in [-0.4, -0.2) is 14.9 Å². The third-order valence-electron chi connectivity index (χ3n) is 3.15. The number of H-pyrrole nitrogens is 1. The Hall–Kier alpha value is -2.89. The van der Waals surface area contributed by atoms with Gasteiger partial charge in [-0.2, -0.15) is 0 Å². The Morgan fingerprint density at radius 2 is 2.15 bits per heavy atom. The molecule has 0 amide bonds. The molecule has 20 heavy (non-hydrogen) atoms. The maximum Gasteiger partial charge on any atom is 0.274 e. The first-order valence-corrected chi connectivity index (χ1v) is 6.09. The fourth-order valence-corrected chi connectivity index (χ4v) is 2.11. The van der Waals surface area contributed by atoms with Gasteiger partial charge in [-0.1, -0.05) is 6.07 Å². The number of fused-ring (bicyclic) bond motifs is 1. The number of nitro groups is 1. The maximum atomic E-state index is 11.0. The van der Waals surface area contributed by atoms with Gasteiger partial charge in [-0.15, -0.1) is 0 Å². The molecule has 3 rings (SSSR count). The normalized spacial score (nSPS) is 10.7. The number of hydrogen-bond acceptors (Lipinski definition) is 4. The number of aryl methyl sites for hydroxylation is 1. The molecule has 0 bridgehead atoms. The molecule has 100 valence electrons. The molecule has 0 aliphatic heterocycles. The number of nitrogens with zero attached hydrogens (tertiary/aromatic N) is 2. The van der Waals surface area contributed by atoms with Crippen molar-refractivity contribution in [2.45, 2.75) is 6.92 Å². The molecule has 0 aliphatic rings. The van der Waals surface area contributed by atoms with Gasteiger partial charge in [0, 0.05) is 35.1 Å². The molecule has 0 unspecified atom stereocenters. The van der Waals surface area contributed by atoms with Crippen molar-refractivity contribution >= 4 is 28.1 Å². The second-order valence-electron chi connectivity index (χ2n) is 4.48. The van der Waals surface area contributed by atoms with Gasteiger partial charge in [-0.05, 0) is 25.1 Å². The van der Waals surface area contributed by atoms with Crippen molar-refractivity contribution in [1.29, 1.82) is 0 Å². The maximum absolute atomic E-state index is 11.0. The minimum atomic E-state index is -0.376. The summed E-state index contributed by atoms with van der Waals surface area (Å²) in [5.74, 6) is 0. The molecule has 2 aromatic heterocycles. The van der Waals surface area contributed by atoms with E-state index in [0.717, 1.165) is 16.7 Å². The number of anilines is 2. The number of pyridine rings is 1. The molecule has 6 heteroatoms. The van der Waals surface area contributed by atoms with Gasteiger partial charge in [0.05, 0.1) is 10.6 Å². The number of aromatic nitrogens is 2. The Morgan fingerprint density at radius 3 is 2.95 bits per heavy atom. The highest BCUT2D eigenvalue weighted by molar-refractivity contribution is 5.91. The Morgan fingerprint density at radius 1 is 1.30 bits per heavy atom. The zero-order valence-electron chi connectivity index (χ0n) is 10.8. The molecule has 3 aromatic rings. The molecular formula is C14H12N4O2. The highest BCUT2D eigenvalue weighted by Crippen LogP contribution is 2.28. The molecule has 6 nitrogen and oxygen atoms in total. The zero-order chi connectivity index (χ0) is 14.1. The van der Waals surface area contributed by atoms with E-state index in [0.29, 0.717) is 11.3 Å². The lowest BCUT2D eigenvalue weighted by atomic mass is 10.1. The Balaban J connectivity index is 2.01. The third kappa shape index (κ3) is 2.07. The van der Waals surface area contributed by atoms with Gasteiger partial charge in [0.2, 0.25) is 0 Å². The highest BCUT2D eigenvalue weighted by atomic mass is 16.6.